The average molecular weight is 460 g/mol. The summed E-state index contributed by atoms with van der Waals surface area (Å²) < 4.78 is 7.80. The average Bonchev–Trinajstić information content (AvgIpc) is 3.29. The maximum Gasteiger partial charge on any atom is 0.260 e. The SMILES string of the molecule is CCCCCCOc1ccc(-c2cc(-c3ccn(CC4CC4)n3)c(-c3nnn[nH]3)c(=O)[nH]2)cc1. The smallest absolute Gasteiger partial charge is 0.260 e. The molecule has 1 fully saturated rings. The van der Waals surface area contributed by atoms with E-state index in [0.717, 1.165) is 24.3 Å². The van der Waals surface area contributed by atoms with Crippen LogP contribution in [0.1, 0.15) is 45.4 Å². The number of benzene rings is 1. The standard InChI is InChI=1S/C25H29N7O2/c1-2-3-4-5-14-34-19-10-8-18(9-11-19)22-15-20(21-12-13-32(29-21)16-17-6-7-17)23(25(33)26-22)24-27-30-31-28-24/h8-13,15,17H,2-7,14,16H2,1H3,(H,26,33)(H,27,28,30,31). The maximum atomic E-state index is 13.2. The van der Waals surface area contributed by atoms with Crippen molar-refractivity contribution in [3.63, 3.8) is 0 Å². The number of tetrazole rings is 1. The minimum absolute atomic E-state index is 0.279. The quantitative estimate of drug-likeness (QED) is 0.320. The highest BCUT2D eigenvalue weighted by molar-refractivity contribution is 5.81. The zero-order valence-electron chi connectivity index (χ0n) is 19.3. The van der Waals surface area contributed by atoms with E-state index >= 15 is 0 Å². The first kappa shape index (κ1) is 22.1. The van der Waals surface area contributed by atoms with Gasteiger partial charge in [0.25, 0.3) is 5.56 Å². The second-order valence-corrected chi connectivity index (χ2v) is 8.85. The predicted octanol–water partition coefficient (Wildman–Crippen LogP) is 4.45. The Bertz CT molecular complexity index is 1270. The van der Waals surface area contributed by atoms with E-state index < -0.39 is 0 Å². The van der Waals surface area contributed by atoms with Crippen LogP contribution in [-0.4, -0.2) is 42.0 Å². The number of nitrogens with zero attached hydrogens (tertiary/aromatic N) is 5. The summed E-state index contributed by atoms with van der Waals surface area (Å²) in [5, 5.41) is 18.7. The van der Waals surface area contributed by atoms with Crippen LogP contribution >= 0.6 is 0 Å². The summed E-state index contributed by atoms with van der Waals surface area (Å²) >= 11 is 0. The van der Waals surface area contributed by atoms with Crippen molar-refractivity contribution in [2.75, 3.05) is 6.61 Å². The van der Waals surface area contributed by atoms with Crippen LogP contribution in [0.3, 0.4) is 0 Å². The van der Waals surface area contributed by atoms with Gasteiger partial charge in [-0.1, -0.05) is 26.2 Å². The van der Waals surface area contributed by atoms with E-state index in [1.165, 1.54) is 32.1 Å². The lowest BCUT2D eigenvalue weighted by Gasteiger charge is -2.10. The fraction of sp³-hybridized carbons (Fsp3) is 0.400. The van der Waals surface area contributed by atoms with Crippen molar-refractivity contribution in [3.8, 4) is 39.7 Å². The van der Waals surface area contributed by atoms with Crippen molar-refractivity contribution in [2.24, 2.45) is 5.92 Å². The van der Waals surface area contributed by atoms with Gasteiger partial charge in [-0.15, -0.1) is 5.10 Å². The number of aromatic nitrogens is 7. The van der Waals surface area contributed by atoms with Crippen LogP contribution in [-0.2, 0) is 6.54 Å². The number of aromatic amines is 2. The molecule has 1 aliphatic carbocycles. The third-order valence-electron chi connectivity index (χ3n) is 6.11. The topological polar surface area (TPSA) is 114 Å². The molecule has 0 amide bonds. The van der Waals surface area contributed by atoms with Crippen LogP contribution < -0.4 is 10.3 Å². The number of pyridine rings is 1. The second-order valence-electron chi connectivity index (χ2n) is 8.85. The second kappa shape index (κ2) is 10.0. The number of nitrogens with one attached hydrogen (secondary N) is 2. The molecule has 176 valence electrons. The van der Waals surface area contributed by atoms with Gasteiger partial charge in [-0.05, 0) is 77.6 Å². The summed E-state index contributed by atoms with van der Waals surface area (Å²) in [5.41, 5.74) is 3.07. The normalized spacial score (nSPS) is 13.3. The molecule has 0 unspecified atom stereocenters. The van der Waals surface area contributed by atoms with Crippen molar-refractivity contribution >= 4 is 0 Å². The molecule has 1 aliphatic rings. The van der Waals surface area contributed by atoms with Crippen molar-refractivity contribution in [3.05, 3.63) is 52.9 Å². The molecule has 0 atom stereocenters. The molecule has 0 radical (unpaired) electrons. The van der Waals surface area contributed by atoms with Gasteiger partial charge in [-0.25, -0.2) is 5.10 Å². The monoisotopic (exact) mass is 459 g/mol. The molecule has 9 heteroatoms. The molecular formula is C25H29N7O2. The Morgan fingerprint density at radius 1 is 1.12 bits per heavy atom. The molecule has 0 bridgehead atoms. The lowest BCUT2D eigenvalue weighted by Crippen LogP contribution is -2.13. The highest BCUT2D eigenvalue weighted by atomic mass is 16.5. The molecule has 1 saturated carbocycles. The van der Waals surface area contributed by atoms with Gasteiger partial charge in [-0.3, -0.25) is 9.48 Å². The van der Waals surface area contributed by atoms with Crippen molar-refractivity contribution in [2.45, 2.75) is 52.0 Å². The van der Waals surface area contributed by atoms with Crippen LogP contribution in [0.5, 0.6) is 5.75 Å². The number of ether oxygens (including phenoxy) is 1. The van der Waals surface area contributed by atoms with E-state index in [0.29, 0.717) is 40.9 Å². The van der Waals surface area contributed by atoms with E-state index in [-0.39, 0.29) is 5.56 Å². The molecule has 2 N–H and O–H groups in total. The Balaban J connectivity index is 1.43. The van der Waals surface area contributed by atoms with Crippen LogP contribution in [0.25, 0.3) is 33.9 Å². The zero-order chi connectivity index (χ0) is 23.3. The lowest BCUT2D eigenvalue weighted by molar-refractivity contribution is 0.305. The van der Waals surface area contributed by atoms with Gasteiger partial charge in [-0.2, -0.15) is 5.10 Å². The molecule has 0 aliphatic heterocycles. The molecule has 9 nitrogen and oxygen atoms in total. The highest BCUT2D eigenvalue weighted by Crippen LogP contribution is 2.32. The number of rotatable bonds is 11. The molecule has 3 heterocycles. The number of hydrogen-bond donors (Lipinski definition) is 2. The van der Waals surface area contributed by atoms with Crippen LogP contribution in [0, 0.1) is 5.92 Å². The summed E-state index contributed by atoms with van der Waals surface area (Å²) in [4.78, 5) is 16.1. The Hall–Kier alpha value is -3.75. The van der Waals surface area contributed by atoms with Crippen molar-refractivity contribution < 1.29 is 4.74 Å². The number of unbranched alkanes of at least 4 members (excludes halogenated alkanes) is 3. The van der Waals surface area contributed by atoms with Gasteiger partial charge >= 0.3 is 0 Å². The van der Waals surface area contributed by atoms with Gasteiger partial charge in [0.1, 0.15) is 5.75 Å². The molecule has 3 aromatic heterocycles. The van der Waals surface area contributed by atoms with Crippen LogP contribution in [0.4, 0.5) is 0 Å². The fourth-order valence-electron chi connectivity index (χ4n) is 4.04. The van der Waals surface area contributed by atoms with E-state index in [4.69, 9.17) is 9.84 Å². The van der Waals surface area contributed by atoms with E-state index in [1.807, 2.05) is 47.3 Å². The molecule has 5 rings (SSSR count). The number of H-pyrrole nitrogens is 2. The van der Waals surface area contributed by atoms with E-state index in [1.54, 1.807) is 0 Å². The van der Waals surface area contributed by atoms with Gasteiger partial charge in [0, 0.05) is 24.0 Å². The maximum absolute atomic E-state index is 13.2. The third-order valence-corrected chi connectivity index (χ3v) is 6.11. The summed E-state index contributed by atoms with van der Waals surface area (Å²) in [7, 11) is 0. The zero-order valence-corrected chi connectivity index (χ0v) is 19.3. The Kier molecular flexibility index (Phi) is 6.51. The summed E-state index contributed by atoms with van der Waals surface area (Å²) in [6.07, 6.45) is 9.14. The minimum atomic E-state index is -0.279. The van der Waals surface area contributed by atoms with Gasteiger partial charge in [0.2, 0.25) is 0 Å². The fourth-order valence-corrected chi connectivity index (χ4v) is 4.04. The first-order valence-electron chi connectivity index (χ1n) is 12.0. The van der Waals surface area contributed by atoms with Crippen molar-refractivity contribution in [1.82, 2.24) is 35.4 Å². The molecule has 1 aromatic carbocycles. The van der Waals surface area contributed by atoms with Crippen molar-refractivity contribution in [1.29, 1.82) is 0 Å². The van der Waals surface area contributed by atoms with E-state index in [2.05, 4.69) is 32.5 Å². The lowest BCUT2D eigenvalue weighted by atomic mass is 10.0. The number of hydrogen-bond acceptors (Lipinski definition) is 6. The highest BCUT2D eigenvalue weighted by Gasteiger charge is 2.23. The minimum Gasteiger partial charge on any atom is -0.494 e. The first-order chi connectivity index (χ1) is 16.7. The van der Waals surface area contributed by atoms with Crippen LogP contribution in [0.15, 0.2) is 47.4 Å². The molecular weight excluding hydrogens is 430 g/mol. The van der Waals surface area contributed by atoms with Gasteiger partial charge in [0.15, 0.2) is 5.82 Å². The third kappa shape index (κ3) is 5.08. The molecule has 34 heavy (non-hydrogen) atoms. The first-order valence-corrected chi connectivity index (χ1v) is 12.0. The molecule has 4 aromatic rings. The summed E-state index contributed by atoms with van der Waals surface area (Å²) in [6.45, 7) is 3.81. The molecule has 0 spiro atoms. The Morgan fingerprint density at radius 2 is 1.97 bits per heavy atom. The van der Waals surface area contributed by atoms with Crippen LogP contribution in [0.2, 0.25) is 0 Å². The van der Waals surface area contributed by atoms with Gasteiger partial charge in [0.05, 0.1) is 17.9 Å². The summed E-state index contributed by atoms with van der Waals surface area (Å²) in [6, 6.07) is 11.7. The summed E-state index contributed by atoms with van der Waals surface area (Å²) in [5.74, 6) is 1.84. The Labute approximate surface area is 197 Å². The van der Waals surface area contributed by atoms with E-state index in [9.17, 15) is 4.79 Å². The van der Waals surface area contributed by atoms with Gasteiger partial charge < -0.3 is 9.72 Å². The molecule has 0 saturated heterocycles. The largest absolute Gasteiger partial charge is 0.494 e. The Morgan fingerprint density at radius 3 is 2.71 bits per heavy atom. The predicted molar refractivity (Wildman–Crippen MR) is 129 cm³/mol.